The number of aryl methyl sites for hydroxylation is 2. The van der Waals surface area contributed by atoms with Crippen molar-refractivity contribution < 1.29 is 19.1 Å². The van der Waals surface area contributed by atoms with E-state index in [1.165, 1.54) is 0 Å². The van der Waals surface area contributed by atoms with E-state index in [1.807, 2.05) is 44.2 Å². The topological polar surface area (TPSA) is 64.6 Å². The summed E-state index contributed by atoms with van der Waals surface area (Å²) in [5.74, 6) is 0.906. The van der Waals surface area contributed by atoms with Crippen LogP contribution in [0.1, 0.15) is 43.0 Å². The smallest absolute Gasteiger partial charge is 0.252 e. The molecule has 1 amide bonds. The van der Waals surface area contributed by atoms with Gasteiger partial charge in [-0.1, -0.05) is 36.4 Å². The second-order valence-corrected chi connectivity index (χ2v) is 7.04. The van der Waals surface area contributed by atoms with E-state index >= 15 is 0 Å². The van der Waals surface area contributed by atoms with Crippen molar-refractivity contribution in [1.82, 2.24) is 5.32 Å². The third-order valence-corrected chi connectivity index (χ3v) is 5.08. The standard InChI is InChI=1S/C24H21NO4/c1-15-7-9-18(11-16(15)2)23(26)19-5-3-4-6-20(19)24(27)25-13-17-8-10-21-22(12-17)29-14-28-21/h3-12H,13-14H2,1-2H3,(H,25,27). The van der Waals surface area contributed by atoms with Crippen LogP contribution in [0.3, 0.4) is 0 Å². The van der Waals surface area contributed by atoms with Gasteiger partial charge in [0.1, 0.15) is 0 Å². The molecule has 4 rings (SSSR count). The molecular weight excluding hydrogens is 366 g/mol. The van der Waals surface area contributed by atoms with E-state index in [4.69, 9.17) is 9.47 Å². The van der Waals surface area contributed by atoms with E-state index in [2.05, 4.69) is 5.32 Å². The molecule has 0 atom stereocenters. The number of amides is 1. The molecular formula is C24H21NO4. The lowest BCUT2D eigenvalue weighted by atomic mass is 9.95. The molecule has 3 aromatic rings. The molecule has 0 saturated carbocycles. The summed E-state index contributed by atoms with van der Waals surface area (Å²) in [5.41, 5.74) is 4.37. The van der Waals surface area contributed by atoms with Crippen molar-refractivity contribution in [2.45, 2.75) is 20.4 Å². The molecule has 29 heavy (non-hydrogen) atoms. The predicted molar refractivity (Wildman–Crippen MR) is 110 cm³/mol. The maximum Gasteiger partial charge on any atom is 0.252 e. The van der Waals surface area contributed by atoms with Crippen LogP contribution < -0.4 is 14.8 Å². The van der Waals surface area contributed by atoms with Gasteiger partial charge in [-0.15, -0.1) is 0 Å². The molecule has 0 bridgehead atoms. The van der Waals surface area contributed by atoms with E-state index in [0.29, 0.717) is 34.7 Å². The Labute approximate surface area is 169 Å². The van der Waals surface area contributed by atoms with Crippen molar-refractivity contribution in [2.24, 2.45) is 0 Å². The summed E-state index contributed by atoms with van der Waals surface area (Å²) in [6.45, 7) is 4.50. The highest BCUT2D eigenvalue weighted by Gasteiger charge is 2.19. The van der Waals surface area contributed by atoms with E-state index in [9.17, 15) is 9.59 Å². The van der Waals surface area contributed by atoms with Gasteiger partial charge in [0, 0.05) is 17.7 Å². The zero-order valence-corrected chi connectivity index (χ0v) is 16.3. The first-order valence-corrected chi connectivity index (χ1v) is 9.40. The van der Waals surface area contributed by atoms with Crippen LogP contribution in [0.15, 0.2) is 60.7 Å². The number of nitrogens with one attached hydrogen (secondary N) is 1. The highest BCUT2D eigenvalue weighted by Crippen LogP contribution is 2.32. The van der Waals surface area contributed by atoms with Crippen molar-refractivity contribution in [2.75, 3.05) is 6.79 Å². The van der Waals surface area contributed by atoms with Gasteiger partial charge in [0.2, 0.25) is 6.79 Å². The predicted octanol–water partition coefficient (Wildman–Crippen LogP) is 4.19. The number of carbonyl (C=O) groups is 2. The summed E-state index contributed by atoms with van der Waals surface area (Å²) in [6.07, 6.45) is 0. The molecule has 0 radical (unpaired) electrons. The lowest BCUT2D eigenvalue weighted by Crippen LogP contribution is -2.25. The van der Waals surface area contributed by atoms with Crippen LogP contribution in [0.5, 0.6) is 11.5 Å². The third-order valence-electron chi connectivity index (χ3n) is 5.08. The van der Waals surface area contributed by atoms with Crippen molar-refractivity contribution in [1.29, 1.82) is 0 Å². The van der Waals surface area contributed by atoms with Crippen LogP contribution >= 0.6 is 0 Å². The van der Waals surface area contributed by atoms with Gasteiger partial charge in [0.25, 0.3) is 5.91 Å². The monoisotopic (exact) mass is 387 g/mol. The average molecular weight is 387 g/mol. The second kappa shape index (κ2) is 7.80. The second-order valence-electron chi connectivity index (χ2n) is 7.04. The normalized spacial score (nSPS) is 11.9. The summed E-state index contributed by atoms with van der Waals surface area (Å²) in [5, 5.41) is 2.89. The number of ketones is 1. The Morgan fingerprint density at radius 1 is 0.862 bits per heavy atom. The van der Waals surface area contributed by atoms with Gasteiger partial charge in [-0.3, -0.25) is 9.59 Å². The first-order valence-electron chi connectivity index (χ1n) is 9.40. The Hall–Kier alpha value is -3.60. The lowest BCUT2D eigenvalue weighted by Gasteiger charge is -2.11. The SMILES string of the molecule is Cc1ccc(C(=O)c2ccccc2C(=O)NCc2ccc3c(c2)OCO3)cc1C. The maximum absolute atomic E-state index is 13.0. The highest BCUT2D eigenvalue weighted by atomic mass is 16.7. The molecule has 1 aliphatic heterocycles. The maximum atomic E-state index is 13.0. The Morgan fingerprint density at radius 2 is 1.62 bits per heavy atom. The quantitative estimate of drug-likeness (QED) is 0.667. The summed E-state index contributed by atoms with van der Waals surface area (Å²) in [4.78, 5) is 25.8. The number of ether oxygens (including phenoxy) is 2. The van der Waals surface area contributed by atoms with Crippen LogP contribution in [0.2, 0.25) is 0 Å². The van der Waals surface area contributed by atoms with Crippen LogP contribution in [0.4, 0.5) is 0 Å². The van der Waals surface area contributed by atoms with Gasteiger partial charge in [-0.25, -0.2) is 0 Å². The molecule has 5 heteroatoms. The van der Waals surface area contributed by atoms with E-state index in [-0.39, 0.29) is 18.5 Å². The molecule has 5 nitrogen and oxygen atoms in total. The summed E-state index contributed by atoms with van der Waals surface area (Å²) >= 11 is 0. The van der Waals surface area contributed by atoms with Crippen molar-refractivity contribution in [3.63, 3.8) is 0 Å². The van der Waals surface area contributed by atoms with Crippen LogP contribution in [-0.2, 0) is 6.54 Å². The number of hydrogen-bond acceptors (Lipinski definition) is 4. The molecule has 0 spiro atoms. The van der Waals surface area contributed by atoms with Gasteiger partial charge >= 0.3 is 0 Å². The third kappa shape index (κ3) is 3.85. The largest absolute Gasteiger partial charge is 0.454 e. The van der Waals surface area contributed by atoms with Crippen LogP contribution in [0.25, 0.3) is 0 Å². The minimum atomic E-state index is -0.296. The van der Waals surface area contributed by atoms with E-state index in [1.54, 1.807) is 30.3 Å². The van der Waals surface area contributed by atoms with E-state index < -0.39 is 0 Å². The molecule has 0 unspecified atom stereocenters. The average Bonchev–Trinajstić information content (AvgIpc) is 3.21. The van der Waals surface area contributed by atoms with Crippen molar-refractivity contribution >= 4 is 11.7 Å². The number of fused-ring (bicyclic) bond motifs is 1. The molecule has 0 saturated heterocycles. The first-order chi connectivity index (χ1) is 14.0. The Morgan fingerprint density at radius 3 is 2.41 bits per heavy atom. The molecule has 1 heterocycles. The molecule has 146 valence electrons. The molecule has 1 N–H and O–H groups in total. The van der Waals surface area contributed by atoms with Gasteiger partial charge in [0.15, 0.2) is 17.3 Å². The minimum Gasteiger partial charge on any atom is -0.454 e. The Kier molecular flexibility index (Phi) is 5.04. The number of benzene rings is 3. The molecule has 3 aromatic carbocycles. The number of carbonyl (C=O) groups excluding carboxylic acids is 2. The van der Waals surface area contributed by atoms with Crippen molar-refractivity contribution in [3.8, 4) is 11.5 Å². The van der Waals surface area contributed by atoms with Gasteiger partial charge in [-0.2, -0.15) is 0 Å². The lowest BCUT2D eigenvalue weighted by molar-refractivity contribution is 0.0939. The summed E-state index contributed by atoms with van der Waals surface area (Å²) in [6, 6.07) is 18.0. The molecule has 0 aromatic heterocycles. The molecule has 0 aliphatic carbocycles. The van der Waals surface area contributed by atoms with E-state index in [0.717, 1.165) is 16.7 Å². The fourth-order valence-electron chi connectivity index (χ4n) is 3.25. The van der Waals surface area contributed by atoms with Crippen LogP contribution in [-0.4, -0.2) is 18.5 Å². The van der Waals surface area contributed by atoms with Gasteiger partial charge in [-0.05, 0) is 54.8 Å². The van der Waals surface area contributed by atoms with Gasteiger partial charge < -0.3 is 14.8 Å². The van der Waals surface area contributed by atoms with Crippen LogP contribution in [0, 0.1) is 13.8 Å². The van der Waals surface area contributed by atoms with Gasteiger partial charge in [0.05, 0.1) is 5.56 Å². The molecule has 1 aliphatic rings. The first kappa shape index (κ1) is 18.7. The number of hydrogen-bond donors (Lipinski definition) is 1. The highest BCUT2D eigenvalue weighted by molar-refractivity contribution is 6.15. The Balaban J connectivity index is 1.53. The fraction of sp³-hybridized carbons (Fsp3) is 0.167. The minimum absolute atomic E-state index is 0.165. The zero-order valence-electron chi connectivity index (χ0n) is 16.3. The zero-order chi connectivity index (χ0) is 20.4. The number of rotatable bonds is 5. The molecule has 0 fully saturated rings. The summed E-state index contributed by atoms with van der Waals surface area (Å²) in [7, 11) is 0. The van der Waals surface area contributed by atoms with Crippen molar-refractivity contribution in [3.05, 3.63) is 94.0 Å². The fourth-order valence-corrected chi connectivity index (χ4v) is 3.25. The summed E-state index contributed by atoms with van der Waals surface area (Å²) < 4.78 is 10.7. The Bertz CT molecular complexity index is 1100.